The summed E-state index contributed by atoms with van der Waals surface area (Å²) in [5.41, 5.74) is 1.08. The summed E-state index contributed by atoms with van der Waals surface area (Å²) < 4.78 is 24.9. The highest BCUT2D eigenvalue weighted by Crippen LogP contribution is 2.42. The highest BCUT2D eigenvalue weighted by molar-refractivity contribution is 6.31. The average Bonchev–Trinajstić information content (AvgIpc) is 2.38. The molecule has 1 aliphatic rings. The highest BCUT2D eigenvalue weighted by Gasteiger charge is 2.20. The molecular formula is C14H10ClFO2. The van der Waals surface area contributed by atoms with Gasteiger partial charge in [-0.1, -0.05) is 29.8 Å². The van der Waals surface area contributed by atoms with Gasteiger partial charge >= 0.3 is 0 Å². The zero-order valence-corrected chi connectivity index (χ0v) is 10.2. The van der Waals surface area contributed by atoms with Crippen LogP contribution < -0.4 is 9.47 Å². The topological polar surface area (TPSA) is 18.5 Å². The van der Waals surface area contributed by atoms with Crippen LogP contribution >= 0.6 is 11.6 Å². The Morgan fingerprint density at radius 1 is 1.00 bits per heavy atom. The van der Waals surface area contributed by atoms with Crippen molar-refractivity contribution in [2.24, 2.45) is 0 Å². The number of rotatable bonds is 1. The molecule has 0 aromatic heterocycles. The molecule has 0 spiro atoms. The van der Waals surface area contributed by atoms with Crippen molar-refractivity contribution < 1.29 is 13.9 Å². The molecule has 0 unspecified atom stereocenters. The van der Waals surface area contributed by atoms with E-state index in [1.54, 1.807) is 30.3 Å². The Hall–Kier alpha value is -1.74. The second-order valence-corrected chi connectivity index (χ2v) is 4.39. The molecular weight excluding hydrogens is 255 g/mol. The summed E-state index contributed by atoms with van der Waals surface area (Å²) in [5.74, 6) is 0.805. The van der Waals surface area contributed by atoms with Crippen LogP contribution in [0, 0.1) is 5.82 Å². The van der Waals surface area contributed by atoms with Gasteiger partial charge < -0.3 is 9.47 Å². The molecule has 0 fully saturated rings. The van der Waals surface area contributed by atoms with E-state index in [0.29, 0.717) is 40.9 Å². The number of hydrogen-bond acceptors (Lipinski definition) is 2. The fourth-order valence-electron chi connectivity index (χ4n) is 2.00. The van der Waals surface area contributed by atoms with E-state index < -0.39 is 0 Å². The number of halogens is 2. The first kappa shape index (κ1) is 11.4. The monoisotopic (exact) mass is 264 g/mol. The zero-order chi connectivity index (χ0) is 12.5. The third kappa shape index (κ3) is 1.91. The van der Waals surface area contributed by atoms with Crippen molar-refractivity contribution in [3.8, 4) is 22.6 Å². The molecule has 0 N–H and O–H groups in total. The van der Waals surface area contributed by atoms with Crippen molar-refractivity contribution >= 4 is 11.6 Å². The van der Waals surface area contributed by atoms with Gasteiger partial charge in [0.05, 0.1) is 0 Å². The smallest absolute Gasteiger partial charge is 0.169 e. The van der Waals surface area contributed by atoms with Gasteiger partial charge in [0, 0.05) is 22.2 Å². The SMILES string of the molecule is Fc1ccccc1-c1cc(Cl)cc2c1OCCO2. The molecule has 2 nitrogen and oxygen atoms in total. The van der Waals surface area contributed by atoms with E-state index in [2.05, 4.69) is 0 Å². The summed E-state index contributed by atoms with van der Waals surface area (Å²) in [4.78, 5) is 0. The lowest BCUT2D eigenvalue weighted by Gasteiger charge is -2.21. The molecule has 0 bridgehead atoms. The standard InChI is InChI=1S/C14H10ClFO2/c15-9-7-11(10-3-1-2-4-12(10)16)14-13(8-9)17-5-6-18-14/h1-4,7-8H,5-6H2. The summed E-state index contributed by atoms with van der Waals surface area (Å²) in [6, 6.07) is 9.89. The van der Waals surface area contributed by atoms with E-state index in [1.807, 2.05) is 0 Å². The number of hydrogen-bond donors (Lipinski definition) is 0. The van der Waals surface area contributed by atoms with Gasteiger partial charge in [-0.25, -0.2) is 4.39 Å². The zero-order valence-electron chi connectivity index (χ0n) is 9.45. The number of fused-ring (bicyclic) bond motifs is 1. The van der Waals surface area contributed by atoms with E-state index in [4.69, 9.17) is 21.1 Å². The van der Waals surface area contributed by atoms with Crippen LogP contribution in [0.3, 0.4) is 0 Å². The molecule has 1 heterocycles. The third-order valence-electron chi connectivity index (χ3n) is 2.77. The molecule has 4 heteroatoms. The van der Waals surface area contributed by atoms with Gasteiger partial charge in [0.2, 0.25) is 0 Å². The summed E-state index contributed by atoms with van der Waals surface area (Å²) in [7, 11) is 0. The lowest BCUT2D eigenvalue weighted by molar-refractivity contribution is 0.172. The van der Waals surface area contributed by atoms with Crippen molar-refractivity contribution in [2.45, 2.75) is 0 Å². The first-order valence-electron chi connectivity index (χ1n) is 5.60. The van der Waals surface area contributed by atoms with E-state index in [-0.39, 0.29) is 5.82 Å². The van der Waals surface area contributed by atoms with Crippen molar-refractivity contribution in [3.63, 3.8) is 0 Å². The maximum absolute atomic E-state index is 13.8. The Bertz CT molecular complexity index is 598. The summed E-state index contributed by atoms with van der Waals surface area (Å²) in [6.07, 6.45) is 0. The van der Waals surface area contributed by atoms with Crippen molar-refractivity contribution in [1.29, 1.82) is 0 Å². The molecule has 1 aliphatic heterocycles. The van der Waals surface area contributed by atoms with Crippen molar-refractivity contribution in [3.05, 3.63) is 47.2 Å². The largest absolute Gasteiger partial charge is 0.486 e. The van der Waals surface area contributed by atoms with E-state index >= 15 is 0 Å². The number of ether oxygens (including phenoxy) is 2. The van der Waals surface area contributed by atoms with Gasteiger partial charge in [-0.3, -0.25) is 0 Å². The fourth-order valence-corrected chi connectivity index (χ4v) is 2.21. The molecule has 0 atom stereocenters. The molecule has 2 aromatic rings. The first-order valence-corrected chi connectivity index (χ1v) is 5.97. The van der Waals surface area contributed by atoms with E-state index in [1.165, 1.54) is 6.07 Å². The third-order valence-corrected chi connectivity index (χ3v) is 2.99. The van der Waals surface area contributed by atoms with E-state index in [9.17, 15) is 4.39 Å². The molecule has 0 aliphatic carbocycles. The highest BCUT2D eigenvalue weighted by atomic mass is 35.5. The Kier molecular flexibility index (Phi) is 2.84. The van der Waals surface area contributed by atoms with Crippen molar-refractivity contribution in [1.82, 2.24) is 0 Å². The molecule has 92 valence electrons. The van der Waals surface area contributed by atoms with Gasteiger partial charge in [0.15, 0.2) is 11.5 Å². The summed E-state index contributed by atoms with van der Waals surface area (Å²) in [6.45, 7) is 0.931. The summed E-state index contributed by atoms with van der Waals surface area (Å²) in [5, 5.41) is 0.498. The van der Waals surface area contributed by atoms with Crippen LogP contribution in [-0.2, 0) is 0 Å². The lowest BCUT2D eigenvalue weighted by Crippen LogP contribution is -2.16. The predicted octanol–water partition coefficient (Wildman–Crippen LogP) is 3.92. The molecule has 0 saturated carbocycles. The van der Waals surface area contributed by atoms with Crippen LogP contribution in [0.15, 0.2) is 36.4 Å². The predicted molar refractivity (Wildman–Crippen MR) is 67.8 cm³/mol. The second-order valence-electron chi connectivity index (χ2n) is 3.96. The Labute approximate surface area is 109 Å². The lowest BCUT2D eigenvalue weighted by atomic mass is 10.0. The van der Waals surface area contributed by atoms with Crippen LogP contribution in [-0.4, -0.2) is 13.2 Å². The van der Waals surface area contributed by atoms with Gasteiger partial charge in [-0.05, 0) is 12.1 Å². The molecule has 18 heavy (non-hydrogen) atoms. The van der Waals surface area contributed by atoms with Crippen LogP contribution in [0.25, 0.3) is 11.1 Å². The molecule has 2 aromatic carbocycles. The quantitative estimate of drug-likeness (QED) is 0.777. The van der Waals surface area contributed by atoms with Crippen LogP contribution in [0.5, 0.6) is 11.5 Å². The van der Waals surface area contributed by atoms with Gasteiger partial charge in [-0.2, -0.15) is 0 Å². The minimum atomic E-state index is -0.309. The van der Waals surface area contributed by atoms with E-state index in [0.717, 1.165) is 0 Å². The maximum Gasteiger partial charge on any atom is 0.169 e. The Morgan fingerprint density at radius 3 is 2.61 bits per heavy atom. The van der Waals surface area contributed by atoms with Crippen LogP contribution in [0.2, 0.25) is 5.02 Å². The van der Waals surface area contributed by atoms with Crippen LogP contribution in [0.4, 0.5) is 4.39 Å². The minimum Gasteiger partial charge on any atom is -0.486 e. The maximum atomic E-state index is 13.8. The molecule has 0 radical (unpaired) electrons. The average molecular weight is 265 g/mol. The van der Waals surface area contributed by atoms with Gasteiger partial charge in [0.25, 0.3) is 0 Å². The second kappa shape index (κ2) is 4.50. The minimum absolute atomic E-state index is 0.309. The number of benzene rings is 2. The van der Waals surface area contributed by atoms with Crippen LogP contribution in [0.1, 0.15) is 0 Å². The van der Waals surface area contributed by atoms with Crippen molar-refractivity contribution in [2.75, 3.05) is 13.2 Å². The first-order chi connectivity index (χ1) is 8.75. The fraction of sp³-hybridized carbons (Fsp3) is 0.143. The van der Waals surface area contributed by atoms with Gasteiger partial charge in [-0.15, -0.1) is 0 Å². The normalized spacial score (nSPS) is 13.4. The molecule has 0 amide bonds. The van der Waals surface area contributed by atoms with Gasteiger partial charge in [0.1, 0.15) is 19.0 Å². The molecule has 3 rings (SSSR count). The summed E-state index contributed by atoms with van der Waals surface area (Å²) >= 11 is 6.03. The molecule has 0 saturated heterocycles. The Morgan fingerprint density at radius 2 is 1.78 bits per heavy atom. The Balaban J connectivity index is 2.23.